The fourth-order valence-corrected chi connectivity index (χ4v) is 3.01. The third-order valence-corrected chi connectivity index (χ3v) is 4.78. The summed E-state index contributed by atoms with van der Waals surface area (Å²) in [5.74, 6) is 1.53. The number of hydrogen-bond donors (Lipinski definition) is 2. The smallest absolute Gasteiger partial charge is 0.224 e. The second-order valence-electron chi connectivity index (χ2n) is 8.52. The Balaban J connectivity index is 1.39. The van der Waals surface area contributed by atoms with Crippen molar-refractivity contribution in [2.75, 3.05) is 17.2 Å². The molecule has 6 heteroatoms. The first-order valence-electron chi connectivity index (χ1n) is 10.5. The third-order valence-electron chi connectivity index (χ3n) is 4.78. The molecule has 2 aromatic carbocycles. The van der Waals surface area contributed by atoms with Crippen LogP contribution in [0, 0.1) is 6.92 Å². The van der Waals surface area contributed by atoms with Crippen molar-refractivity contribution in [2.24, 2.45) is 0 Å². The summed E-state index contributed by atoms with van der Waals surface area (Å²) in [5.41, 5.74) is 3.94. The van der Waals surface area contributed by atoms with E-state index < -0.39 is 0 Å². The average molecular weight is 419 g/mol. The van der Waals surface area contributed by atoms with Crippen molar-refractivity contribution in [3.05, 3.63) is 72.2 Å². The molecular formula is C25H30N4O2. The normalized spacial score (nSPS) is 11.1. The fourth-order valence-electron chi connectivity index (χ4n) is 3.01. The summed E-state index contributed by atoms with van der Waals surface area (Å²) in [6.45, 7) is 8.97. The Morgan fingerprint density at radius 3 is 2.29 bits per heavy atom. The van der Waals surface area contributed by atoms with Crippen LogP contribution in [0.15, 0.2) is 60.9 Å². The molecule has 0 saturated heterocycles. The number of aromatic nitrogens is 2. The molecule has 1 amide bonds. The maximum absolute atomic E-state index is 12.2. The highest BCUT2D eigenvalue weighted by Gasteiger charge is 2.13. The van der Waals surface area contributed by atoms with Gasteiger partial charge in [0.05, 0.1) is 6.61 Å². The van der Waals surface area contributed by atoms with Crippen LogP contribution >= 0.6 is 0 Å². The summed E-state index contributed by atoms with van der Waals surface area (Å²) in [5, 5.41) is 6.13. The summed E-state index contributed by atoms with van der Waals surface area (Å²) >= 11 is 0. The van der Waals surface area contributed by atoms with Crippen molar-refractivity contribution in [1.29, 1.82) is 0 Å². The Morgan fingerprint density at radius 1 is 0.968 bits per heavy atom. The number of nitrogens with zero attached hydrogens (tertiary/aromatic N) is 2. The van der Waals surface area contributed by atoms with E-state index in [0.717, 1.165) is 28.6 Å². The minimum absolute atomic E-state index is 0.0289. The number of benzene rings is 2. The molecule has 1 aromatic heterocycles. The first-order valence-corrected chi connectivity index (χ1v) is 10.5. The van der Waals surface area contributed by atoms with Gasteiger partial charge in [0.15, 0.2) is 0 Å². The number of carbonyl (C=O) groups excluding carboxylic acids is 1. The number of rotatable bonds is 8. The second-order valence-corrected chi connectivity index (χ2v) is 8.52. The molecule has 0 aliphatic carbocycles. The van der Waals surface area contributed by atoms with Gasteiger partial charge in [-0.2, -0.15) is 0 Å². The summed E-state index contributed by atoms with van der Waals surface area (Å²) in [6.07, 6.45) is 2.58. The largest absolute Gasteiger partial charge is 0.494 e. The lowest BCUT2D eigenvalue weighted by Crippen LogP contribution is -2.13. The van der Waals surface area contributed by atoms with E-state index in [9.17, 15) is 4.79 Å². The molecule has 0 atom stereocenters. The molecule has 31 heavy (non-hydrogen) atoms. The van der Waals surface area contributed by atoms with Crippen molar-refractivity contribution in [1.82, 2.24) is 9.97 Å². The Bertz CT molecular complexity index is 993. The monoisotopic (exact) mass is 418 g/mol. The SMILES string of the molecule is Cc1cc(Nc2ccc(NC(=O)CCCOc3ccc(C(C)(C)C)cc3)cc2)ncn1. The second kappa shape index (κ2) is 10.1. The minimum atomic E-state index is -0.0289. The molecular weight excluding hydrogens is 388 g/mol. The van der Waals surface area contributed by atoms with Crippen LogP contribution in [0.2, 0.25) is 0 Å². The highest BCUT2D eigenvalue weighted by atomic mass is 16.5. The van der Waals surface area contributed by atoms with E-state index in [1.165, 1.54) is 11.9 Å². The number of ether oxygens (including phenoxy) is 1. The molecule has 0 aliphatic rings. The highest BCUT2D eigenvalue weighted by molar-refractivity contribution is 5.90. The van der Waals surface area contributed by atoms with Crippen molar-refractivity contribution >= 4 is 23.1 Å². The molecule has 3 rings (SSSR count). The van der Waals surface area contributed by atoms with Gasteiger partial charge < -0.3 is 15.4 Å². The first kappa shape index (κ1) is 22.3. The van der Waals surface area contributed by atoms with E-state index >= 15 is 0 Å². The van der Waals surface area contributed by atoms with Crippen LogP contribution in [-0.2, 0) is 10.2 Å². The molecule has 0 spiro atoms. The Morgan fingerprint density at radius 2 is 1.65 bits per heavy atom. The number of hydrogen-bond acceptors (Lipinski definition) is 5. The molecule has 6 nitrogen and oxygen atoms in total. The summed E-state index contributed by atoms with van der Waals surface area (Å²) in [6, 6.07) is 17.5. The molecule has 0 fully saturated rings. The zero-order chi connectivity index (χ0) is 22.3. The highest BCUT2D eigenvalue weighted by Crippen LogP contribution is 2.24. The maximum atomic E-state index is 12.2. The quantitative estimate of drug-likeness (QED) is 0.464. The van der Waals surface area contributed by atoms with Crippen LogP contribution in [0.3, 0.4) is 0 Å². The third kappa shape index (κ3) is 7.10. The summed E-state index contributed by atoms with van der Waals surface area (Å²) < 4.78 is 5.76. The van der Waals surface area contributed by atoms with Gasteiger partial charge in [0.2, 0.25) is 5.91 Å². The van der Waals surface area contributed by atoms with E-state index in [2.05, 4.69) is 53.5 Å². The number of aryl methyl sites for hydroxylation is 1. The molecule has 3 aromatic rings. The van der Waals surface area contributed by atoms with Gasteiger partial charge in [-0.15, -0.1) is 0 Å². The Kier molecular flexibility index (Phi) is 7.23. The maximum Gasteiger partial charge on any atom is 0.224 e. The van der Waals surface area contributed by atoms with Crippen LogP contribution in [0.4, 0.5) is 17.2 Å². The van der Waals surface area contributed by atoms with Gasteiger partial charge in [-0.05, 0) is 60.7 Å². The van der Waals surface area contributed by atoms with Crippen molar-refractivity contribution in [2.45, 2.75) is 46.0 Å². The molecule has 0 bridgehead atoms. The van der Waals surface area contributed by atoms with E-state index in [1.807, 2.05) is 49.4 Å². The van der Waals surface area contributed by atoms with Gasteiger partial charge in [0, 0.05) is 29.6 Å². The van der Waals surface area contributed by atoms with Gasteiger partial charge in [-0.3, -0.25) is 4.79 Å². The predicted molar refractivity (Wildman–Crippen MR) is 125 cm³/mol. The number of carbonyl (C=O) groups is 1. The van der Waals surface area contributed by atoms with Crippen molar-refractivity contribution < 1.29 is 9.53 Å². The standard InChI is InChI=1S/C25H30N4O2/c1-18-16-23(27-17-26-18)28-20-9-11-21(12-10-20)29-24(30)6-5-15-31-22-13-7-19(8-14-22)25(2,3)4/h7-14,16-17H,5-6,15H2,1-4H3,(H,29,30)(H,26,27,28). The van der Waals surface area contributed by atoms with Crippen molar-refractivity contribution in [3.63, 3.8) is 0 Å². The van der Waals surface area contributed by atoms with Gasteiger partial charge in [-0.1, -0.05) is 32.9 Å². The Hall–Kier alpha value is -3.41. The fraction of sp³-hybridized carbons (Fsp3) is 0.320. The molecule has 0 aliphatic heterocycles. The van der Waals surface area contributed by atoms with Crippen LogP contribution in [0.5, 0.6) is 5.75 Å². The number of anilines is 3. The first-order chi connectivity index (χ1) is 14.8. The molecule has 0 radical (unpaired) electrons. The Labute approximate surface area is 184 Å². The van der Waals surface area contributed by atoms with E-state index in [4.69, 9.17) is 4.74 Å². The molecule has 1 heterocycles. The van der Waals surface area contributed by atoms with Gasteiger partial charge >= 0.3 is 0 Å². The van der Waals surface area contributed by atoms with E-state index in [1.54, 1.807) is 0 Å². The average Bonchev–Trinajstić information content (AvgIpc) is 2.72. The summed E-state index contributed by atoms with van der Waals surface area (Å²) in [7, 11) is 0. The molecule has 2 N–H and O–H groups in total. The van der Waals surface area contributed by atoms with Crippen LogP contribution in [0.25, 0.3) is 0 Å². The van der Waals surface area contributed by atoms with Crippen molar-refractivity contribution in [3.8, 4) is 5.75 Å². The lowest BCUT2D eigenvalue weighted by molar-refractivity contribution is -0.116. The van der Waals surface area contributed by atoms with Crippen LogP contribution < -0.4 is 15.4 Å². The molecule has 0 saturated carbocycles. The zero-order valence-electron chi connectivity index (χ0n) is 18.6. The lowest BCUT2D eigenvalue weighted by atomic mass is 9.87. The molecule has 0 unspecified atom stereocenters. The van der Waals surface area contributed by atoms with Gasteiger partial charge in [0.1, 0.15) is 17.9 Å². The number of amides is 1. The minimum Gasteiger partial charge on any atom is -0.494 e. The number of nitrogens with one attached hydrogen (secondary N) is 2. The van der Waals surface area contributed by atoms with E-state index in [-0.39, 0.29) is 11.3 Å². The van der Waals surface area contributed by atoms with Gasteiger partial charge in [0.25, 0.3) is 0 Å². The predicted octanol–water partition coefficient (Wildman–Crippen LogP) is 5.62. The zero-order valence-corrected chi connectivity index (χ0v) is 18.6. The van der Waals surface area contributed by atoms with Gasteiger partial charge in [-0.25, -0.2) is 9.97 Å². The topological polar surface area (TPSA) is 76.1 Å². The molecule has 162 valence electrons. The van der Waals surface area contributed by atoms with Crippen LogP contribution in [-0.4, -0.2) is 22.5 Å². The van der Waals surface area contributed by atoms with Crippen LogP contribution in [0.1, 0.15) is 44.9 Å². The van der Waals surface area contributed by atoms with E-state index in [0.29, 0.717) is 19.4 Å². The summed E-state index contributed by atoms with van der Waals surface area (Å²) in [4.78, 5) is 20.5. The lowest BCUT2D eigenvalue weighted by Gasteiger charge is -2.19.